The first kappa shape index (κ1) is 22.4. The topological polar surface area (TPSA) is 106 Å². The third-order valence-electron chi connectivity index (χ3n) is 5.78. The molecule has 0 spiro atoms. The predicted octanol–water partition coefficient (Wildman–Crippen LogP) is 2.93. The molecule has 1 aromatic carbocycles. The molecule has 0 radical (unpaired) electrons. The third-order valence-corrected chi connectivity index (χ3v) is 7.36. The molecule has 7 nitrogen and oxygen atoms in total. The molecule has 1 aliphatic heterocycles. The van der Waals surface area contributed by atoms with Crippen molar-refractivity contribution >= 4 is 40.1 Å². The van der Waals surface area contributed by atoms with E-state index in [1.54, 1.807) is 47.1 Å². The van der Waals surface area contributed by atoms with Crippen LogP contribution in [0.15, 0.2) is 41.4 Å². The minimum absolute atomic E-state index is 0.0852. The molecule has 10 heteroatoms. The molecule has 2 atom stereocenters. The number of carbonyl (C=O) groups is 3. The maximum absolute atomic E-state index is 14.5. The number of nitrogens with zero attached hydrogens (tertiary/aromatic N) is 3. The molecule has 2 N–H and O–H groups in total. The van der Waals surface area contributed by atoms with Gasteiger partial charge in [-0.25, -0.2) is 14.4 Å². The van der Waals surface area contributed by atoms with Crippen LogP contribution in [0.4, 0.5) is 4.39 Å². The summed E-state index contributed by atoms with van der Waals surface area (Å²) < 4.78 is 14.5. The predicted molar refractivity (Wildman–Crippen MR) is 119 cm³/mol. The molecule has 0 bridgehead atoms. The maximum Gasteiger partial charge on any atom is 0.231 e. The number of aromatic nitrogens is 2. The number of rotatable bonds is 7. The Hall–Kier alpha value is -2.82. The summed E-state index contributed by atoms with van der Waals surface area (Å²) in [4.78, 5) is 48.7. The first-order chi connectivity index (χ1) is 15.4. The lowest BCUT2D eigenvalue weighted by Gasteiger charge is -2.42. The Morgan fingerprint density at radius 3 is 2.09 bits per heavy atom. The SMILES string of the molecule is Cc1c(F)cccc1C1[C@@H](C(=O)c2nccs2)CN(CC(N)=O)C[C@@H]1C(=O)c1nccs1. The van der Waals surface area contributed by atoms with E-state index in [2.05, 4.69) is 9.97 Å². The smallest absolute Gasteiger partial charge is 0.231 e. The van der Waals surface area contributed by atoms with Crippen LogP contribution in [-0.2, 0) is 4.79 Å². The lowest BCUT2D eigenvalue weighted by molar-refractivity contribution is -0.119. The number of halogens is 1. The number of hydrogen-bond acceptors (Lipinski definition) is 8. The highest BCUT2D eigenvalue weighted by molar-refractivity contribution is 7.12. The first-order valence-corrected chi connectivity index (χ1v) is 11.8. The summed E-state index contributed by atoms with van der Waals surface area (Å²) in [7, 11) is 0. The molecule has 2 aromatic heterocycles. The fourth-order valence-corrected chi connectivity index (χ4v) is 5.69. The highest BCUT2D eigenvalue weighted by atomic mass is 32.1. The molecule has 1 amide bonds. The van der Waals surface area contributed by atoms with E-state index in [4.69, 9.17) is 5.73 Å². The number of benzene rings is 1. The van der Waals surface area contributed by atoms with Gasteiger partial charge in [-0.3, -0.25) is 19.3 Å². The van der Waals surface area contributed by atoms with Crippen molar-refractivity contribution in [2.45, 2.75) is 12.8 Å². The molecule has 3 heterocycles. The normalized spacial score (nSPS) is 19.7. The van der Waals surface area contributed by atoms with Crippen molar-refractivity contribution in [2.75, 3.05) is 19.6 Å². The number of piperidine rings is 1. The maximum atomic E-state index is 14.5. The number of hydrogen-bond donors (Lipinski definition) is 1. The average Bonchev–Trinajstić information content (AvgIpc) is 3.48. The molecular formula is C22H21FN4O3S2. The van der Waals surface area contributed by atoms with Gasteiger partial charge in [0.2, 0.25) is 5.91 Å². The number of ketones is 2. The fourth-order valence-electron chi connectivity index (χ4n) is 4.41. The van der Waals surface area contributed by atoms with E-state index in [0.717, 1.165) is 0 Å². The van der Waals surface area contributed by atoms with Gasteiger partial charge in [0.25, 0.3) is 0 Å². The quantitative estimate of drug-likeness (QED) is 0.530. The van der Waals surface area contributed by atoms with Crippen LogP contribution < -0.4 is 5.73 Å². The summed E-state index contributed by atoms with van der Waals surface area (Å²) in [6.07, 6.45) is 3.09. The summed E-state index contributed by atoms with van der Waals surface area (Å²) in [5, 5.41) is 4.04. The minimum atomic E-state index is -0.705. The average molecular weight is 473 g/mol. The molecule has 32 heavy (non-hydrogen) atoms. The van der Waals surface area contributed by atoms with Gasteiger partial charge in [0.1, 0.15) is 5.82 Å². The van der Waals surface area contributed by atoms with Crippen LogP contribution in [0.25, 0.3) is 0 Å². The van der Waals surface area contributed by atoms with Crippen LogP contribution >= 0.6 is 22.7 Å². The van der Waals surface area contributed by atoms with Crippen LogP contribution in [0.2, 0.25) is 0 Å². The Morgan fingerprint density at radius 2 is 1.62 bits per heavy atom. The van der Waals surface area contributed by atoms with Crippen LogP contribution in [0.3, 0.4) is 0 Å². The van der Waals surface area contributed by atoms with E-state index in [1.807, 2.05) is 0 Å². The summed E-state index contributed by atoms with van der Waals surface area (Å²) in [5.74, 6) is -3.43. The van der Waals surface area contributed by atoms with Crippen LogP contribution in [0, 0.1) is 24.6 Å². The van der Waals surface area contributed by atoms with Crippen molar-refractivity contribution in [3.8, 4) is 0 Å². The van der Waals surface area contributed by atoms with Gasteiger partial charge in [0.05, 0.1) is 6.54 Å². The number of primary amides is 1. The first-order valence-electron chi connectivity index (χ1n) is 10.00. The Morgan fingerprint density at radius 1 is 1.06 bits per heavy atom. The van der Waals surface area contributed by atoms with Crippen LogP contribution in [-0.4, -0.2) is 52.0 Å². The van der Waals surface area contributed by atoms with E-state index >= 15 is 0 Å². The van der Waals surface area contributed by atoms with Gasteiger partial charge in [-0.1, -0.05) is 12.1 Å². The summed E-state index contributed by atoms with van der Waals surface area (Å²) in [6, 6.07) is 4.71. The van der Waals surface area contributed by atoms with Crippen LogP contribution in [0.1, 0.15) is 36.6 Å². The zero-order valence-corrected chi connectivity index (χ0v) is 18.9. The number of Topliss-reactive ketones (excluding diaryl/α,β-unsaturated/α-hetero) is 2. The Labute approximate surface area is 192 Å². The highest BCUT2D eigenvalue weighted by Crippen LogP contribution is 2.42. The van der Waals surface area contributed by atoms with Crippen molar-refractivity contribution < 1.29 is 18.8 Å². The van der Waals surface area contributed by atoms with Gasteiger partial charge in [0.15, 0.2) is 21.6 Å². The van der Waals surface area contributed by atoms with Crippen LogP contribution in [0.5, 0.6) is 0 Å². The van der Waals surface area contributed by atoms with Crippen molar-refractivity contribution in [1.82, 2.24) is 14.9 Å². The van der Waals surface area contributed by atoms with Gasteiger partial charge < -0.3 is 5.73 Å². The number of likely N-dealkylation sites (tertiary alicyclic amines) is 1. The largest absolute Gasteiger partial charge is 0.369 e. The van der Waals surface area contributed by atoms with Gasteiger partial charge >= 0.3 is 0 Å². The lowest BCUT2D eigenvalue weighted by atomic mass is 9.69. The zero-order chi connectivity index (χ0) is 22.8. The number of nitrogens with two attached hydrogens (primary N) is 1. The summed E-state index contributed by atoms with van der Waals surface area (Å²) in [6.45, 7) is 1.99. The standard InChI is InChI=1S/C22H21FN4O3S2/c1-12-13(3-2-4-16(12)23)18-14(19(29)21-25-5-7-31-21)9-27(11-17(24)28)10-15(18)20(30)22-26-6-8-32-22/h2-8,14-15,18H,9-11H2,1H3,(H2,24,28)/t14-,15-/m0/s1. The second-order valence-corrected chi connectivity index (χ2v) is 9.55. The van der Waals surface area contributed by atoms with Gasteiger partial charge in [-0.15, -0.1) is 22.7 Å². The van der Waals surface area contributed by atoms with Crippen molar-refractivity contribution in [1.29, 1.82) is 0 Å². The Bertz CT molecular complexity index is 1080. The van der Waals surface area contributed by atoms with Gasteiger partial charge in [0, 0.05) is 54.0 Å². The third kappa shape index (κ3) is 4.38. The summed E-state index contributed by atoms with van der Waals surface area (Å²) in [5.41, 5.74) is 6.43. The number of thiazole rings is 2. The molecule has 1 aliphatic rings. The summed E-state index contributed by atoms with van der Waals surface area (Å²) >= 11 is 2.42. The lowest BCUT2D eigenvalue weighted by Crippen LogP contribution is -2.52. The van der Waals surface area contributed by atoms with Gasteiger partial charge in [-0.2, -0.15) is 0 Å². The highest BCUT2D eigenvalue weighted by Gasteiger charge is 2.46. The van der Waals surface area contributed by atoms with Crippen molar-refractivity contribution in [2.24, 2.45) is 17.6 Å². The number of carbonyl (C=O) groups excluding carboxylic acids is 3. The molecule has 4 rings (SSSR count). The Balaban J connectivity index is 1.84. The second-order valence-electron chi connectivity index (χ2n) is 7.76. The molecule has 3 aromatic rings. The van der Waals surface area contributed by atoms with Gasteiger partial charge in [-0.05, 0) is 24.1 Å². The number of amides is 1. The molecule has 1 saturated heterocycles. The molecule has 0 saturated carbocycles. The molecule has 1 fully saturated rings. The van der Waals surface area contributed by atoms with Crippen molar-refractivity contribution in [3.63, 3.8) is 0 Å². The molecular weight excluding hydrogens is 451 g/mol. The molecule has 166 valence electrons. The zero-order valence-electron chi connectivity index (χ0n) is 17.2. The fraction of sp³-hybridized carbons (Fsp3) is 0.318. The molecule has 0 unspecified atom stereocenters. The minimum Gasteiger partial charge on any atom is -0.369 e. The van der Waals surface area contributed by atoms with E-state index in [1.165, 1.54) is 28.7 Å². The van der Waals surface area contributed by atoms with E-state index in [9.17, 15) is 18.8 Å². The Kier molecular flexibility index (Phi) is 6.54. The van der Waals surface area contributed by atoms with E-state index < -0.39 is 29.5 Å². The van der Waals surface area contributed by atoms with Crippen molar-refractivity contribution in [3.05, 3.63) is 68.3 Å². The second kappa shape index (κ2) is 9.35. The van der Waals surface area contributed by atoms with E-state index in [0.29, 0.717) is 21.1 Å². The van der Waals surface area contributed by atoms with E-state index in [-0.39, 0.29) is 31.2 Å². The monoisotopic (exact) mass is 472 g/mol. The molecule has 0 aliphatic carbocycles.